The van der Waals surface area contributed by atoms with Crippen molar-refractivity contribution in [3.63, 3.8) is 0 Å². The number of ether oxygens (including phenoxy) is 7. The molecule has 14 heteroatoms. The molecule has 1 saturated heterocycles. The molecule has 13 nitrogen and oxygen atoms in total. The molecule has 1 aliphatic carbocycles. The van der Waals surface area contributed by atoms with Crippen molar-refractivity contribution < 1.29 is 58.4 Å². The standard InChI is InChI=1S/C35H41NO12S/c1-42-21-11-9-20(10-12-21)35-28(19-7-5-4-6-8-19)27(31(40)36-13-14-49)30(39)34(35,41)29-24(43-2)15-22(16-25(29)48-35)46-33-32(44-3)45-18-26(47-33)23(38)17-37/h4-12,15-16,23,26-28,30,32-33,37-39,41,49H,13-14,17-18H2,1-3H3,(H,36,40)/t23-,26-,27-,28-,30-,32-,33-,34+,35+/m1/s1. The molecule has 264 valence electrons. The molecular formula is C35H41NO12S. The Morgan fingerprint density at radius 1 is 1.04 bits per heavy atom. The van der Waals surface area contributed by atoms with Crippen LogP contribution in [-0.4, -0.2) is 104 Å². The maximum Gasteiger partial charge on any atom is 0.251 e. The molecule has 5 N–H and O–H groups in total. The first kappa shape index (κ1) is 35.2. The van der Waals surface area contributed by atoms with Gasteiger partial charge in [0.15, 0.2) is 11.2 Å². The Labute approximate surface area is 289 Å². The number of carbonyl (C=O) groups is 1. The molecule has 0 aromatic heterocycles. The molecule has 0 unspecified atom stereocenters. The first-order valence-electron chi connectivity index (χ1n) is 15.8. The van der Waals surface area contributed by atoms with Gasteiger partial charge in [0.2, 0.25) is 12.2 Å². The number of nitrogens with one attached hydrogen (secondary N) is 1. The van der Waals surface area contributed by atoms with E-state index in [9.17, 15) is 25.2 Å². The molecule has 3 aromatic carbocycles. The minimum Gasteiger partial charge on any atom is -0.497 e. The van der Waals surface area contributed by atoms with Crippen LogP contribution in [-0.2, 0) is 30.2 Å². The van der Waals surface area contributed by atoms with E-state index in [-0.39, 0.29) is 36.0 Å². The van der Waals surface area contributed by atoms with Gasteiger partial charge in [0.05, 0.1) is 38.9 Å². The second-order valence-electron chi connectivity index (χ2n) is 12.1. The van der Waals surface area contributed by atoms with Gasteiger partial charge >= 0.3 is 0 Å². The number of aliphatic hydroxyl groups is 4. The summed E-state index contributed by atoms with van der Waals surface area (Å²) in [5, 5.41) is 47.9. The molecule has 1 saturated carbocycles. The van der Waals surface area contributed by atoms with Crippen molar-refractivity contribution in [1.82, 2.24) is 5.32 Å². The number of aliphatic hydroxyl groups excluding tert-OH is 3. The van der Waals surface area contributed by atoms with Crippen molar-refractivity contribution >= 4 is 18.5 Å². The summed E-state index contributed by atoms with van der Waals surface area (Å²) in [6, 6.07) is 19.0. The SMILES string of the molecule is COc1ccc([C@@]23Oc4cc(O[C@@H]5O[C@@H]([C@H](O)CO)CO[C@H]5OC)cc(OC)c4[C@]2(O)[C@H](O)[C@H](C(=O)NCCS)[C@H]3c2ccccc2)cc1. The summed E-state index contributed by atoms with van der Waals surface area (Å²) >= 11 is 4.24. The van der Waals surface area contributed by atoms with Crippen LogP contribution in [0.4, 0.5) is 0 Å². The molecule has 2 heterocycles. The summed E-state index contributed by atoms with van der Waals surface area (Å²) in [5.41, 5.74) is -2.77. The maximum absolute atomic E-state index is 13.9. The Bertz CT molecular complexity index is 1610. The summed E-state index contributed by atoms with van der Waals surface area (Å²) in [6.07, 6.45) is -5.99. The number of amides is 1. The summed E-state index contributed by atoms with van der Waals surface area (Å²) in [6.45, 7) is -0.354. The highest BCUT2D eigenvalue weighted by molar-refractivity contribution is 7.80. The highest BCUT2D eigenvalue weighted by atomic mass is 32.1. The predicted octanol–water partition coefficient (Wildman–Crippen LogP) is 1.45. The van der Waals surface area contributed by atoms with E-state index in [4.69, 9.17) is 33.2 Å². The smallest absolute Gasteiger partial charge is 0.251 e. The van der Waals surface area contributed by atoms with Gasteiger partial charge in [0, 0.05) is 37.5 Å². The van der Waals surface area contributed by atoms with E-state index in [1.54, 1.807) is 24.3 Å². The molecule has 6 rings (SSSR count). The van der Waals surface area contributed by atoms with Gasteiger partial charge in [0.1, 0.15) is 41.3 Å². The second kappa shape index (κ2) is 14.3. The molecule has 3 aliphatic rings. The quantitative estimate of drug-likeness (QED) is 0.151. The van der Waals surface area contributed by atoms with Crippen LogP contribution < -0.4 is 24.3 Å². The highest BCUT2D eigenvalue weighted by Crippen LogP contribution is 2.70. The van der Waals surface area contributed by atoms with Crippen molar-refractivity contribution in [1.29, 1.82) is 0 Å². The lowest BCUT2D eigenvalue weighted by molar-refractivity contribution is -0.324. The Hall–Kier alpha value is -3.60. The number of hydrogen-bond donors (Lipinski definition) is 6. The zero-order valence-corrected chi connectivity index (χ0v) is 28.1. The third-order valence-electron chi connectivity index (χ3n) is 9.49. The number of rotatable bonds is 12. The van der Waals surface area contributed by atoms with Crippen LogP contribution in [0.1, 0.15) is 22.6 Å². The minimum absolute atomic E-state index is 0.0460. The van der Waals surface area contributed by atoms with Crippen LogP contribution in [0.25, 0.3) is 0 Å². The van der Waals surface area contributed by atoms with Crippen molar-refractivity contribution in [3.05, 3.63) is 83.4 Å². The highest BCUT2D eigenvalue weighted by Gasteiger charge is 2.78. The van der Waals surface area contributed by atoms with Gasteiger partial charge in [-0.1, -0.05) is 42.5 Å². The molecule has 49 heavy (non-hydrogen) atoms. The molecule has 9 atom stereocenters. The van der Waals surface area contributed by atoms with Crippen molar-refractivity contribution in [2.75, 3.05) is 46.8 Å². The largest absolute Gasteiger partial charge is 0.497 e. The third kappa shape index (κ3) is 5.79. The van der Waals surface area contributed by atoms with Crippen molar-refractivity contribution in [3.8, 4) is 23.0 Å². The Balaban J connectivity index is 1.52. The van der Waals surface area contributed by atoms with Gasteiger partial charge in [-0.05, 0) is 23.3 Å². The number of thiol groups is 1. The molecular weight excluding hydrogens is 658 g/mol. The fraction of sp³-hybridized carbons (Fsp3) is 0.457. The topological polar surface area (TPSA) is 175 Å². The van der Waals surface area contributed by atoms with Crippen LogP contribution in [0, 0.1) is 5.92 Å². The van der Waals surface area contributed by atoms with Gasteiger partial charge in [-0.2, -0.15) is 12.6 Å². The van der Waals surface area contributed by atoms with Crippen LogP contribution in [0.5, 0.6) is 23.0 Å². The third-order valence-corrected chi connectivity index (χ3v) is 9.71. The normalized spacial score (nSPS) is 30.9. The van der Waals surface area contributed by atoms with E-state index < -0.39 is 66.4 Å². The van der Waals surface area contributed by atoms with Crippen LogP contribution >= 0.6 is 12.6 Å². The van der Waals surface area contributed by atoms with Crippen LogP contribution in [0.3, 0.4) is 0 Å². The molecule has 0 bridgehead atoms. The van der Waals surface area contributed by atoms with E-state index in [0.717, 1.165) is 0 Å². The number of fused-ring (bicyclic) bond motifs is 3. The summed E-state index contributed by atoms with van der Waals surface area (Å²) < 4.78 is 41.3. The molecule has 0 radical (unpaired) electrons. The first-order valence-corrected chi connectivity index (χ1v) is 16.5. The van der Waals surface area contributed by atoms with Crippen molar-refractivity contribution in [2.24, 2.45) is 5.92 Å². The van der Waals surface area contributed by atoms with Gasteiger partial charge < -0.3 is 58.9 Å². The fourth-order valence-corrected chi connectivity index (χ4v) is 7.41. The van der Waals surface area contributed by atoms with Gasteiger partial charge in [0.25, 0.3) is 6.29 Å². The Kier molecular flexibility index (Phi) is 10.3. The first-order chi connectivity index (χ1) is 23.7. The second-order valence-corrected chi connectivity index (χ2v) is 12.5. The zero-order valence-electron chi connectivity index (χ0n) is 27.2. The average molecular weight is 700 g/mol. The minimum atomic E-state index is -2.24. The van der Waals surface area contributed by atoms with E-state index in [0.29, 0.717) is 22.6 Å². The number of benzene rings is 3. The number of carbonyl (C=O) groups excluding carboxylic acids is 1. The molecule has 1 amide bonds. The Morgan fingerprint density at radius 2 is 1.78 bits per heavy atom. The Morgan fingerprint density at radius 3 is 2.41 bits per heavy atom. The lowest BCUT2D eigenvalue weighted by Crippen LogP contribution is -2.52. The average Bonchev–Trinajstić information content (AvgIpc) is 3.51. The monoisotopic (exact) mass is 699 g/mol. The number of hydrogen-bond acceptors (Lipinski definition) is 13. The molecule has 2 fully saturated rings. The van der Waals surface area contributed by atoms with Gasteiger partial charge in [-0.25, -0.2) is 0 Å². The van der Waals surface area contributed by atoms with Crippen LogP contribution in [0.15, 0.2) is 66.7 Å². The predicted molar refractivity (Wildman–Crippen MR) is 177 cm³/mol. The molecule has 3 aromatic rings. The van der Waals surface area contributed by atoms with Gasteiger partial charge in [-0.15, -0.1) is 0 Å². The van der Waals surface area contributed by atoms with E-state index in [1.165, 1.54) is 33.5 Å². The summed E-state index contributed by atoms with van der Waals surface area (Å²) in [7, 11) is 4.34. The molecule has 2 aliphatic heterocycles. The van der Waals surface area contributed by atoms with E-state index >= 15 is 0 Å². The van der Waals surface area contributed by atoms with Crippen LogP contribution in [0.2, 0.25) is 0 Å². The fourth-order valence-electron chi connectivity index (χ4n) is 7.30. The zero-order chi connectivity index (χ0) is 34.9. The lowest BCUT2D eigenvalue weighted by Gasteiger charge is -2.40. The van der Waals surface area contributed by atoms with E-state index in [1.807, 2.05) is 30.3 Å². The maximum atomic E-state index is 13.9. The van der Waals surface area contributed by atoms with E-state index in [2.05, 4.69) is 17.9 Å². The van der Waals surface area contributed by atoms with Gasteiger partial charge in [-0.3, -0.25) is 4.79 Å². The lowest BCUT2D eigenvalue weighted by atomic mass is 9.70. The summed E-state index contributed by atoms with van der Waals surface area (Å²) in [4.78, 5) is 13.9. The van der Waals surface area contributed by atoms with Crippen molar-refractivity contribution in [2.45, 2.75) is 48.0 Å². The summed E-state index contributed by atoms with van der Waals surface area (Å²) in [5.74, 6) is -1.26. The molecule has 0 spiro atoms. The number of methoxy groups -OCH3 is 3.